The van der Waals surface area contributed by atoms with Gasteiger partial charge in [0.1, 0.15) is 11.9 Å². The largest absolute Gasteiger partial charge is 0.486 e. The lowest BCUT2D eigenvalue weighted by Gasteiger charge is -2.36. The Morgan fingerprint density at radius 1 is 1.12 bits per heavy atom. The fourth-order valence-corrected chi connectivity index (χ4v) is 7.64. The number of ether oxygens (including phenoxy) is 2. The topological polar surface area (TPSA) is 47.6 Å². The summed E-state index contributed by atoms with van der Waals surface area (Å²) in [6.45, 7) is 2.11. The van der Waals surface area contributed by atoms with E-state index in [1.807, 2.05) is 48.5 Å². The maximum absolute atomic E-state index is 11.8. The molecule has 33 heavy (non-hydrogen) atoms. The van der Waals surface area contributed by atoms with Gasteiger partial charge in [0.25, 0.3) is 0 Å². The number of fused-ring (bicyclic) bond motifs is 1. The first-order valence-corrected chi connectivity index (χ1v) is 14.0. The van der Waals surface area contributed by atoms with E-state index in [0.717, 1.165) is 21.9 Å². The van der Waals surface area contributed by atoms with E-state index in [4.69, 9.17) is 32.9 Å². The summed E-state index contributed by atoms with van der Waals surface area (Å²) in [5, 5.41) is 6.63. The van der Waals surface area contributed by atoms with E-state index in [1.54, 1.807) is 19.1 Å². The third-order valence-electron chi connectivity index (χ3n) is 5.40. The van der Waals surface area contributed by atoms with Crippen LogP contribution in [0.3, 0.4) is 0 Å². The van der Waals surface area contributed by atoms with Crippen molar-refractivity contribution in [1.29, 1.82) is 0 Å². The summed E-state index contributed by atoms with van der Waals surface area (Å²) in [5.41, 5.74) is 0.962. The van der Waals surface area contributed by atoms with Crippen LogP contribution in [0.1, 0.15) is 24.9 Å². The molecule has 0 unspecified atom stereocenters. The standard InChI is InChI=1S/C26H25ClNO3PS/c1-2-30-26(29)16-14-20-18-24(23-17-19(27)13-15-25(23)31-20)28-32(33,21-9-5-3-6-10-21)22-11-7-4-8-12-22/h3-17,20,24H,2,18H2,1H3,(H,28,33)/b16-14+/t20-,24+/m0/s1. The highest BCUT2D eigenvalue weighted by Gasteiger charge is 2.33. The molecule has 0 aliphatic carbocycles. The lowest BCUT2D eigenvalue weighted by atomic mass is 9.97. The van der Waals surface area contributed by atoms with Crippen LogP contribution in [0.25, 0.3) is 0 Å². The van der Waals surface area contributed by atoms with E-state index >= 15 is 0 Å². The Labute approximate surface area is 204 Å². The summed E-state index contributed by atoms with van der Waals surface area (Å²) < 4.78 is 11.2. The average molecular weight is 498 g/mol. The third-order valence-corrected chi connectivity index (χ3v) is 9.95. The van der Waals surface area contributed by atoms with Crippen molar-refractivity contribution >= 4 is 46.2 Å². The predicted molar refractivity (Wildman–Crippen MR) is 139 cm³/mol. The molecule has 4 nitrogen and oxygen atoms in total. The van der Waals surface area contributed by atoms with Crippen molar-refractivity contribution in [3.05, 3.63) is 102 Å². The monoisotopic (exact) mass is 497 g/mol. The Kier molecular flexibility index (Phi) is 7.67. The van der Waals surface area contributed by atoms with Crippen molar-refractivity contribution in [3.8, 4) is 5.75 Å². The molecule has 0 saturated heterocycles. The molecule has 1 aliphatic heterocycles. The molecule has 0 aromatic heterocycles. The number of carbonyl (C=O) groups excluding carboxylic acids is 1. The molecule has 4 rings (SSSR count). The minimum absolute atomic E-state index is 0.115. The molecule has 1 heterocycles. The maximum Gasteiger partial charge on any atom is 0.330 e. The van der Waals surface area contributed by atoms with Crippen molar-refractivity contribution in [2.75, 3.05) is 6.61 Å². The Morgan fingerprint density at radius 3 is 2.36 bits per heavy atom. The van der Waals surface area contributed by atoms with Gasteiger partial charge in [0, 0.05) is 39.7 Å². The Balaban J connectivity index is 1.72. The molecule has 0 amide bonds. The Morgan fingerprint density at radius 2 is 1.76 bits per heavy atom. The molecule has 170 valence electrons. The fourth-order valence-electron chi connectivity index (χ4n) is 3.88. The number of hydrogen-bond acceptors (Lipinski definition) is 4. The molecule has 0 fully saturated rings. The predicted octanol–water partition coefficient (Wildman–Crippen LogP) is 5.29. The van der Waals surface area contributed by atoms with Crippen LogP contribution in [0.2, 0.25) is 5.02 Å². The minimum atomic E-state index is -2.37. The summed E-state index contributed by atoms with van der Waals surface area (Å²) in [4.78, 5) is 11.8. The lowest BCUT2D eigenvalue weighted by molar-refractivity contribution is -0.137. The van der Waals surface area contributed by atoms with Crippen molar-refractivity contribution in [2.24, 2.45) is 0 Å². The third kappa shape index (κ3) is 5.56. The first kappa shape index (κ1) is 23.7. The van der Waals surface area contributed by atoms with E-state index in [9.17, 15) is 4.79 Å². The van der Waals surface area contributed by atoms with Gasteiger partial charge in [0.05, 0.1) is 12.8 Å². The number of rotatable bonds is 7. The van der Waals surface area contributed by atoms with Crippen molar-refractivity contribution in [1.82, 2.24) is 5.09 Å². The highest BCUT2D eigenvalue weighted by atomic mass is 35.5. The zero-order valence-electron chi connectivity index (χ0n) is 18.2. The number of esters is 1. The summed E-state index contributed by atoms with van der Waals surface area (Å²) >= 11 is 12.7. The van der Waals surface area contributed by atoms with Crippen molar-refractivity contribution < 1.29 is 14.3 Å². The van der Waals surface area contributed by atoms with Crippen molar-refractivity contribution in [2.45, 2.75) is 25.5 Å². The van der Waals surface area contributed by atoms with Gasteiger partial charge in [0.15, 0.2) is 0 Å². The second kappa shape index (κ2) is 10.7. The molecular weight excluding hydrogens is 473 g/mol. The molecule has 0 radical (unpaired) electrons. The fraction of sp³-hybridized carbons (Fsp3) is 0.192. The van der Waals surface area contributed by atoms with Gasteiger partial charge in [-0.2, -0.15) is 0 Å². The van der Waals surface area contributed by atoms with Gasteiger partial charge in [0.2, 0.25) is 0 Å². The van der Waals surface area contributed by atoms with Gasteiger partial charge in [-0.25, -0.2) is 4.79 Å². The van der Waals surface area contributed by atoms with E-state index in [0.29, 0.717) is 18.1 Å². The van der Waals surface area contributed by atoms with Gasteiger partial charge in [-0.1, -0.05) is 84.1 Å². The number of carbonyl (C=O) groups is 1. The number of halogens is 1. The van der Waals surface area contributed by atoms with Gasteiger partial charge in [-0.15, -0.1) is 0 Å². The van der Waals surface area contributed by atoms with E-state index in [-0.39, 0.29) is 18.1 Å². The molecule has 3 aromatic carbocycles. The number of hydrogen-bond donors (Lipinski definition) is 1. The summed E-state index contributed by atoms with van der Waals surface area (Å²) in [6.07, 6.45) is 1.10. The smallest absolute Gasteiger partial charge is 0.330 e. The molecule has 2 atom stereocenters. The first-order valence-electron chi connectivity index (χ1n) is 10.8. The molecule has 3 aromatic rings. The lowest BCUT2D eigenvalue weighted by Crippen LogP contribution is -2.35. The molecular formula is C26H25ClNO3PS. The quantitative estimate of drug-likeness (QED) is 0.273. The number of benzene rings is 3. The van der Waals surface area contributed by atoms with Crippen LogP contribution in [-0.4, -0.2) is 18.7 Å². The molecule has 0 spiro atoms. The highest BCUT2D eigenvalue weighted by molar-refractivity contribution is 8.20. The van der Waals surface area contributed by atoms with E-state index < -0.39 is 6.19 Å². The zero-order chi connectivity index (χ0) is 23.3. The van der Waals surface area contributed by atoms with Crippen LogP contribution < -0.4 is 20.4 Å². The minimum Gasteiger partial charge on any atom is -0.486 e. The molecule has 0 bridgehead atoms. The van der Waals surface area contributed by atoms with E-state index in [2.05, 4.69) is 29.4 Å². The maximum atomic E-state index is 11.8. The van der Waals surface area contributed by atoms with Gasteiger partial charge in [-0.3, -0.25) is 5.09 Å². The highest BCUT2D eigenvalue weighted by Crippen LogP contribution is 2.46. The summed E-state index contributed by atoms with van der Waals surface area (Å²) in [7, 11) is 0. The number of nitrogens with one attached hydrogen (secondary N) is 1. The molecule has 1 N–H and O–H groups in total. The first-order chi connectivity index (χ1) is 16.0. The summed E-state index contributed by atoms with van der Waals surface area (Å²) in [5.74, 6) is 0.343. The average Bonchev–Trinajstić information content (AvgIpc) is 2.84. The van der Waals surface area contributed by atoms with Crippen LogP contribution in [0.15, 0.2) is 91.0 Å². The summed E-state index contributed by atoms with van der Waals surface area (Å²) in [6, 6.07) is 25.9. The molecule has 0 saturated carbocycles. The van der Waals surface area contributed by atoms with Gasteiger partial charge in [-0.05, 0) is 31.2 Å². The van der Waals surface area contributed by atoms with E-state index in [1.165, 1.54) is 6.08 Å². The van der Waals surface area contributed by atoms with Crippen molar-refractivity contribution in [3.63, 3.8) is 0 Å². The Bertz CT molecular complexity index is 1140. The molecule has 7 heteroatoms. The van der Waals surface area contributed by atoms with Gasteiger partial charge >= 0.3 is 5.97 Å². The normalized spacial score (nSPS) is 17.9. The SMILES string of the molecule is CCOC(=O)/C=C/[C@H]1C[C@@H](NP(=S)(c2ccccc2)c2ccccc2)c2cc(Cl)ccc2O1. The van der Waals surface area contributed by atoms with Crippen LogP contribution in [0.4, 0.5) is 0 Å². The Hall–Kier alpha value is -2.43. The van der Waals surface area contributed by atoms with Crippen LogP contribution in [0.5, 0.6) is 5.75 Å². The zero-order valence-corrected chi connectivity index (χ0v) is 20.7. The second-order valence-corrected chi connectivity index (χ2v) is 12.2. The second-order valence-electron chi connectivity index (χ2n) is 7.65. The van der Waals surface area contributed by atoms with Gasteiger partial charge < -0.3 is 9.47 Å². The van der Waals surface area contributed by atoms with Crippen LogP contribution >= 0.6 is 17.8 Å². The molecule has 1 aliphatic rings. The van der Waals surface area contributed by atoms with Crippen LogP contribution in [-0.2, 0) is 21.3 Å². The van der Waals surface area contributed by atoms with Crippen LogP contribution in [0, 0.1) is 0 Å².